The van der Waals surface area contributed by atoms with Crippen LogP contribution in [0.5, 0.6) is 0 Å². The van der Waals surface area contributed by atoms with Crippen LogP contribution < -0.4 is 5.32 Å². The summed E-state index contributed by atoms with van der Waals surface area (Å²) in [7, 11) is 1.38. The molecular weight excluding hydrogens is 245 g/mol. The monoisotopic (exact) mass is 265 g/mol. The van der Waals surface area contributed by atoms with Crippen molar-refractivity contribution in [1.82, 2.24) is 5.32 Å². The zero-order valence-corrected chi connectivity index (χ0v) is 11.2. The van der Waals surface area contributed by atoms with E-state index >= 15 is 0 Å². The number of hydrogen-bond donors (Lipinski definition) is 1. The first-order valence-corrected chi connectivity index (χ1v) is 6.80. The van der Waals surface area contributed by atoms with Crippen molar-refractivity contribution in [2.75, 3.05) is 7.11 Å². The van der Waals surface area contributed by atoms with Gasteiger partial charge in [0.2, 0.25) is 0 Å². The van der Waals surface area contributed by atoms with Crippen LogP contribution in [-0.4, -0.2) is 19.1 Å². The van der Waals surface area contributed by atoms with Crippen molar-refractivity contribution >= 4 is 5.97 Å². The standard InChI is InChI=1S/C15H20FNO2/c1-19-15(18)14(11-7-9-12(16)10-8-11)17-13-5-3-2-4-6-13/h7-10,13-14,17H,2-6H2,1H3. The van der Waals surface area contributed by atoms with E-state index in [4.69, 9.17) is 4.74 Å². The van der Waals surface area contributed by atoms with Crippen molar-refractivity contribution in [3.63, 3.8) is 0 Å². The lowest BCUT2D eigenvalue weighted by Crippen LogP contribution is -2.38. The van der Waals surface area contributed by atoms with Crippen LogP contribution in [-0.2, 0) is 9.53 Å². The molecule has 1 aliphatic rings. The van der Waals surface area contributed by atoms with E-state index in [2.05, 4.69) is 5.32 Å². The van der Waals surface area contributed by atoms with Crippen LogP contribution >= 0.6 is 0 Å². The number of ether oxygens (including phenoxy) is 1. The largest absolute Gasteiger partial charge is 0.468 e. The number of carbonyl (C=O) groups is 1. The number of rotatable bonds is 4. The number of hydrogen-bond acceptors (Lipinski definition) is 3. The molecule has 19 heavy (non-hydrogen) atoms. The molecule has 1 atom stereocenters. The number of benzene rings is 1. The van der Waals surface area contributed by atoms with Gasteiger partial charge < -0.3 is 4.74 Å². The Morgan fingerprint density at radius 1 is 1.26 bits per heavy atom. The van der Waals surface area contributed by atoms with Gasteiger partial charge in [0.1, 0.15) is 11.9 Å². The van der Waals surface area contributed by atoms with Crippen molar-refractivity contribution in [3.8, 4) is 0 Å². The van der Waals surface area contributed by atoms with Crippen LogP contribution in [0.25, 0.3) is 0 Å². The molecule has 1 aromatic rings. The summed E-state index contributed by atoms with van der Waals surface area (Å²) < 4.78 is 17.8. The molecule has 0 bridgehead atoms. The third-order valence-corrected chi connectivity index (χ3v) is 3.65. The van der Waals surface area contributed by atoms with Gasteiger partial charge in [-0.15, -0.1) is 0 Å². The van der Waals surface area contributed by atoms with Gasteiger partial charge in [-0.2, -0.15) is 0 Å². The highest BCUT2D eigenvalue weighted by Crippen LogP contribution is 2.22. The molecule has 1 aromatic carbocycles. The number of nitrogens with one attached hydrogen (secondary N) is 1. The highest BCUT2D eigenvalue weighted by Gasteiger charge is 2.25. The summed E-state index contributed by atoms with van der Waals surface area (Å²) in [5.74, 6) is -0.623. The molecule has 3 nitrogen and oxygen atoms in total. The Morgan fingerprint density at radius 2 is 1.89 bits per heavy atom. The van der Waals surface area contributed by atoms with Gasteiger partial charge in [-0.05, 0) is 30.5 Å². The van der Waals surface area contributed by atoms with E-state index in [1.165, 1.54) is 38.5 Å². The molecule has 1 saturated carbocycles. The van der Waals surface area contributed by atoms with Gasteiger partial charge >= 0.3 is 5.97 Å². The van der Waals surface area contributed by atoms with E-state index in [1.807, 2.05) is 0 Å². The molecule has 0 aromatic heterocycles. The molecule has 104 valence electrons. The lowest BCUT2D eigenvalue weighted by molar-refractivity contribution is -0.143. The van der Waals surface area contributed by atoms with Crippen LogP contribution in [0.15, 0.2) is 24.3 Å². The third-order valence-electron chi connectivity index (χ3n) is 3.65. The van der Waals surface area contributed by atoms with Gasteiger partial charge in [-0.25, -0.2) is 9.18 Å². The van der Waals surface area contributed by atoms with Crippen LogP contribution in [0.2, 0.25) is 0 Å². The number of methoxy groups -OCH3 is 1. The van der Waals surface area contributed by atoms with Gasteiger partial charge in [0.05, 0.1) is 7.11 Å². The molecule has 0 spiro atoms. The number of carbonyl (C=O) groups excluding carboxylic acids is 1. The second-order valence-electron chi connectivity index (χ2n) is 5.01. The molecule has 1 unspecified atom stereocenters. The Labute approximate surface area is 113 Å². The second kappa shape index (κ2) is 6.66. The summed E-state index contributed by atoms with van der Waals surface area (Å²) in [4.78, 5) is 11.9. The zero-order chi connectivity index (χ0) is 13.7. The zero-order valence-electron chi connectivity index (χ0n) is 11.2. The molecular formula is C15H20FNO2. The van der Waals surface area contributed by atoms with Crippen molar-refractivity contribution in [1.29, 1.82) is 0 Å². The normalized spacial score (nSPS) is 18.0. The Morgan fingerprint density at radius 3 is 2.47 bits per heavy atom. The van der Waals surface area contributed by atoms with E-state index in [1.54, 1.807) is 12.1 Å². The van der Waals surface area contributed by atoms with E-state index in [9.17, 15) is 9.18 Å². The molecule has 0 heterocycles. The Hall–Kier alpha value is -1.42. The van der Waals surface area contributed by atoms with Gasteiger partial charge in [0, 0.05) is 6.04 Å². The molecule has 0 radical (unpaired) electrons. The van der Waals surface area contributed by atoms with E-state index in [0.29, 0.717) is 6.04 Å². The smallest absolute Gasteiger partial charge is 0.327 e. The summed E-state index contributed by atoms with van der Waals surface area (Å²) in [5, 5.41) is 3.35. The van der Waals surface area contributed by atoms with Crippen molar-refractivity contribution in [2.24, 2.45) is 0 Å². The van der Waals surface area contributed by atoms with Gasteiger partial charge in [-0.3, -0.25) is 5.32 Å². The average Bonchev–Trinajstić information content (AvgIpc) is 2.46. The predicted molar refractivity (Wildman–Crippen MR) is 71.2 cm³/mol. The summed E-state index contributed by atoms with van der Waals surface area (Å²) in [6, 6.07) is 5.83. The quantitative estimate of drug-likeness (QED) is 0.851. The van der Waals surface area contributed by atoms with Crippen LogP contribution in [0.1, 0.15) is 43.7 Å². The number of halogens is 1. The minimum Gasteiger partial charge on any atom is -0.468 e. The van der Waals surface area contributed by atoms with Crippen LogP contribution in [0.3, 0.4) is 0 Å². The molecule has 0 saturated heterocycles. The Kier molecular flexibility index (Phi) is 4.91. The maximum absolute atomic E-state index is 13.0. The van der Waals surface area contributed by atoms with E-state index < -0.39 is 6.04 Å². The van der Waals surface area contributed by atoms with Gasteiger partial charge in [0.25, 0.3) is 0 Å². The average molecular weight is 265 g/mol. The first kappa shape index (κ1) is 14.0. The van der Waals surface area contributed by atoms with E-state index in [-0.39, 0.29) is 11.8 Å². The summed E-state index contributed by atoms with van der Waals surface area (Å²) >= 11 is 0. The molecule has 1 aliphatic carbocycles. The van der Waals surface area contributed by atoms with Crippen molar-refractivity contribution in [2.45, 2.75) is 44.2 Å². The Balaban J connectivity index is 2.10. The van der Waals surface area contributed by atoms with Gasteiger partial charge in [-0.1, -0.05) is 31.4 Å². The third kappa shape index (κ3) is 3.77. The van der Waals surface area contributed by atoms with Crippen LogP contribution in [0, 0.1) is 5.82 Å². The lowest BCUT2D eigenvalue weighted by Gasteiger charge is -2.27. The SMILES string of the molecule is COC(=O)C(NC1CCCCC1)c1ccc(F)cc1. The highest BCUT2D eigenvalue weighted by atomic mass is 19.1. The fourth-order valence-corrected chi connectivity index (χ4v) is 2.58. The molecule has 1 fully saturated rings. The highest BCUT2D eigenvalue weighted by molar-refractivity contribution is 5.77. The lowest BCUT2D eigenvalue weighted by atomic mass is 9.94. The molecule has 0 aliphatic heterocycles. The van der Waals surface area contributed by atoms with Crippen molar-refractivity contribution in [3.05, 3.63) is 35.6 Å². The second-order valence-corrected chi connectivity index (χ2v) is 5.01. The van der Waals surface area contributed by atoms with Gasteiger partial charge in [0.15, 0.2) is 0 Å². The summed E-state index contributed by atoms with van der Waals surface area (Å²) in [5.41, 5.74) is 0.749. The van der Waals surface area contributed by atoms with Crippen LogP contribution in [0.4, 0.5) is 4.39 Å². The maximum atomic E-state index is 13.0. The minimum absolute atomic E-state index is 0.301. The number of esters is 1. The molecule has 1 N–H and O–H groups in total. The fraction of sp³-hybridized carbons (Fsp3) is 0.533. The molecule has 0 amide bonds. The van der Waals surface area contributed by atoms with Crippen molar-refractivity contribution < 1.29 is 13.9 Å². The minimum atomic E-state index is -0.506. The molecule has 2 rings (SSSR count). The van der Waals surface area contributed by atoms with E-state index in [0.717, 1.165) is 18.4 Å². The fourth-order valence-electron chi connectivity index (χ4n) is 2.58. The topological polar surface area (TPSA) is 38.3 Å². The summed E-state index contributed by atoms with van der Waals surface area (Å²) in [6.07, 6.45) is 5.80. The predicted octanol–water partition coefficient (Wildman–Crippen LogP) is 2.96. The maximum Gasteiger partial charge on any atom is 0.327 e. The first-order valence-electron chi connectivity index (χ1n) is 6.80. The Bertz CT molecular complexity index is 413. The first-order chi connectivity index (χ1) is 9.20. The molecule has 4 heteroatoms. The summed E-state index contributed by atoms with van der Waals surface area (Å²) in [6.45, 7) is 0.